The molecule has 4 nitrogen and oxygen atoms in total. The molecule has 3 N–H and O–H groups in total. The van der Waals surface area contributed by atoms with Crippen molar-refractivity contribution in [3.05, 3.63) is 28.8 Å². The van der Waals surface area contributed by atoms with E-state index in [-0.39, 0.29) is 5.91 Å². The minimum Gasteiger partial charge on any atom is -0.398 e. The highest BCUT2D eigenvalue weighted by atomic mass is 35.5. The molecular weight excluding hydrogens is 286 g/mol. The second-order valence-corrected chi connectivity index (χ2v) is 6.16. The van der Waals surface area contributed by atoms with Crippen molar-refractivity contribution >= 4 is 23.2 Å². The lowest BCUT2D eigenvalue weighted by molar-refractivity contribution is 0.0950. The van der Waals surface area contributed by atoms with Crippen molar-refractivity contribution in [2.24, 2.45) is 0 Å². The van der Waals surface area contributed by atoms with E-state index in [1.165, 1.54) is 25.8 Å². The van der Waals surface area contributed by atoms with Crippen molar-refractivity contribution < 1.29 is 4.79 Å². The first-order chi connectivity index (χ1) is 10.1. The summed E-state index contributed by atoms with van der Waals surface area (Å²) in [6, 6.07) is 5.62. The second-order valence-electron chi connectivity index (χ2n) is 5.72. The SMILES string of the molecule is CC1CCCCN1CCCNC(=O)c1ccc(Cl)cc1N. The minimum atomic E-state index is -0.129. The maximum absolute atomic E-state index is 12.0. The number of hydrogen-bond acceptors (Lipinski definition) is 3. The summed E-state index contributed by atoms with van der Waals surface area (Å²) in [7, 11) is 0. The van der Waals surface area contributed by atoms with Crippen LogP contribution in [0.1, 0.15) is 43.0 Å². The van der Waals surface area contributed by atoms with Gasteiger partial charge in [0.05, 0.1) is 5.56 Å². The number of hydrogen-bond donors (Lipinski definition) is 2. The normalized spacial score (nSPS) is 19.4. The number of piperidine rings is 1. The number of carbonyl (C=O) groups is 1. The first kappa shape index (κ1) is 16.1. The molecule has 1 aromatic rings. The third-order valence-electron chi connectivity index (χ3n) is 4.11. The van der Waals surface area contributed by atoms with Crippen LogP contribution in [-0.2, 0) is 0 Å². The van der Waals surface area contributed by atoms with Crippen LogP contribution in [0, 0.1) is 0 Å². The number of nitrogens with zero attached hydrogens (tertiary/aromatic N) is 1. The summed E-state index contributed by atoms with van der Waals surface area (Å²) in [6.45, 7) is 5.17. The lowest BCUT2D eigenvalue weighted by atomic mass is 10.0. The Bertz CT molecular complexity index is 492. The zero-order valence-electron chi connectivity index (χ0n) is 12.6. The van der Waals surface area contributed by atoms with E-state index >= 15 is 0 Å². The molecule has 1 saturated heterocycles. The highest BCUT2D eigenvalue weighted by Gasteiger charge is 2.17. The summed E-state index contributed by atoms with van der Waals surface area (Å²) in [4.78, 5) is 14.6. The number of nitrogens with two attached hydrogens (primary N) is 1. The number of rotatable bonds is 5. The molecule has 1 heterocycles. The van der Waals surface area contributed by atoms with Crippen LogP contribution in [0.4, 0.5) is 5.69 Å². The number of amides is 1. The fourth-order valence-corrected chi connectivity index (χ4v) is 2.99. The molecule has 1 unspecified atom stereocenters. The van der Waals surface area contributed by atoms with Gasteiger partial charge in [-0.3, -0.25) is 4.79 Å². The predicted octanol–water partition coefficient (Wildman–Crippen LogP) is 2.92. The van der Waals surface area contributed by atoms with Crippen molar-refractivity contribution in [3.63, 3.8) is 0 Å². The van der Waals surface area contributed by atoms with Crippen LogP contribution >= 0.6 is 11.6 Å². The monoisotopic (exact) mass is 309 g/mol. The quantitative estimate of drug-likeness (QED) is 0.649. The largest absolute Gasteiger partial charge is 0.398 e. The Morgan fingerprint density at radius 2 is 2.29 bits per heavy atom. The Morgan fingerprint density at radius 3 is 3.00 bits per heavy atom. The summed E-state index contributed by atoms with van der Waals surface area (Å²) in [5.41, 5.74) is 6.72. The van der Waals surface area contributed by atoms with Crippen LogP contribution in [0.3, 0.4) is 0 Å². The van der Waals surface area contributed by atoms with E-state index in [0.29, 0.717) is 28.9 Å². The lowest BCUT2D eigenvalue weighted by Crippen LogP contribution is -2.39. The molecule has 1 aliphatic heterocycles. The highest BCUT2D eigenvalue weighted by molar-refractivity contribution is 6.31. The topological polar surface area (TPSA) is 58.4 Å². The van der Waals surface area contributed by atoms with Gasteiger partial charge in [-0.2, -0.15) is 0 Å². The van der Waals surface area contributed by atoms with Crippen molar-refractivity contribution in [2.75, 3.05) is 25.4 Å². The highest BCUT2D eigenvalue weighted by Crippen LogP contribution is 2.18. The van der Waals surface area contributed by atoms with Gasteiger partial charge in [0.25, 0.3) is 5.91 Å². The molecule has 0 aliphatic carbocycles. The van der Waals surface area contributed by atoms with E-state index in [4.69, 9.17) is 17.3 Å². The molecule has 1 aliphatic rings. The molecule has 0 bridgehead atoms. The molecule has 21 heavy (non-hydrogen) atoms. The first-order valence-electron chi connectivity index (χ1n) is 7.65. The molecule has 0 aromatic heterocycles. The average Bonchev–Trinajstić information content (AvgIpc) is 2.45. The fraction of sp³-hybridized carbons (Fsp3) is 0.562. The smallest absolute Gasteiger partial charge is 0.253 e. The van der Waals surface area contributed by atoms with Gasteiger partial charge >= 0.3 is 0 Å². The number of benzene rings is 1. The Kier molecular flexibility index (Phi) is 5.88. The molecule has 0 radical (unpaired) electrons. The molecular formula is C16H24ClN3O. The first-order valence-corrected chi connectivity index (χ1v) is 8.03. The number of likely N-dealkylation sites (tertiary alicyclic amines) is 1. The molecule has 2 rings (SSSR count). The van der Waals surface area contributed by atoms with E-state index in [1.54, 1.807) is 18.2 Å². The van der Waals surface area contributed by atoms with Gasteiger partial charge in [0.1, 0.15) is 0 Å². The van der Waals surface area contributed by atoms with E-state index in [1.807, 2.05) is 0 Å². The van der Waals surface area contributed by atoms with Crippen molar-refractivity contribution in [1.29, 1.82) is 0 Å². The minimum absolute atomic E-state index is 0.129. The van der Waals surface area contributed by atoms with Crippen LogP contribution in [0.25, 0.3) is 0 Å². The molecule has 116 valence electrons. The van der Waals surface area contributed by atoms with Crippen molar-refractivity contribution in [1.82, 2.24) is 10.2 Å². The van der Waals surface area contributed by atoms with Crippen LogP contribution < -0.4 is 11.1 Å². The molecule has 1 amide bonds. The molecule has 0 spiro atoms. The van der Waals surface area contributed by atoms with E-state index in [0.717, 1.165) is 13.0 Å². The molecule has 0 saturated carbocycles. The van der Waals surface area contributed by atoms with E-state index < -0.39 is 0 Å². The van der Waals surface area contributed by atoms with Crippen LogP contribution in [0.5, 0.6) is 0 Å². The lowest BCUT2D eigenvalue weighted by Gasteiger charge is -2.33. The Balaban J connectivity index is 1.74. The van der Waals surface area contributed by atoms with Gasteiger partial charge < -0.3 is 16.0 Å². The summed E-state index contributed by atoms with van der Waals surface area (Å²) in [6.07, 6.45) is 4.87. The number of nitrogen functional groups attached to an aromatic ring is 1. The third kappa shape index (κ3) is 4.61. The van der Waals surface area contributed by atoms with Gasteiger partial charge in [-0.15, -0.1) is 0 Å². The number of halogens is 1. The summed E-state index contributed by atoms with van der Waals surface area (Å²) < 4.78 is 0. The van der Waals surface area contributed by atoms with Gasteiger partial charge in [-0.1, -0.05) is 18.0 Å². The summed E-state index contributed by atoms with van der Waals surface area (Å²) in [5.74, 6) is -0.129. The van der Waals surface area contributed by atoms with Crippen LogP contribution in [-0.4, -0.2) is 36.5 Å². The Labute approximate surface area is 131 Å². The molecule has 1 fully saturated rings. The maximum Gasteiger partial charge on any atom is 0.253 e. The Morgan fingerprint density at radius 1 is 1.48 bits per heavy atom. The van der Waals surface area contributed by atoms with Gasteiger partial charge in [0.2, 0.25) is 0 Å². The Hall–Kier alpha value is -1.26. The molecule has 1 aromatic carbocycles. The van der Waals surface area contributed by atoms with Gasteiger partial charge in [0.15, 0.2) is 0 Å². The zero-order valence-corrected chi connectivity index (χ0v) is 13.3. The van der Waals surface area contributed by atoms with Crippen molar-refractivity contribution in [3.8, 4) is 0 Å². The van der Waals surface area contributed by atoms with Gasteiger partial charge in [0, 0.05) is 29.8 Å². The number of carbonyl (C=O) groups excluding carboxylic acids is 1. The summed E-state index contributed by atoms with van der Waals surface area (Å²) in [5, 5.41) is 3.47. The van der Waals surface area contributed by atoms with Crippen LogP contribution in [0.15, 0.2) is 18.2 Å². The molecule has 5 heteroatoms. The number of nitrogens with one attached hydrogen (secondary N) is 1. The fourth-order valence-electron chi connectivity index (χ4n) is 2.81. The third-order valence-corrected chi connectivity index (χ3v) is 4.34. The maximum atomic E-state index is 12.0. The number of anilines is 1. The van der Waals surface area contributed by atoms with Crippen LogP contribution in [0.2, 0.25) is 5.02 Å². The summed E-state index contributed by atoms with van der Waals surface area (Å²) >= 11 is 5.83. The molecule has 1 atom stereocenters. The zero-order chi connectivity index (χ0) is 15.2. The predicted molar refractivity (Wildman–Crippen MR) is 87.7 cm³/mol. The van der Waals surface area contributed by atoms with Gasteiger partial charge in [-0.25, -0.2) is 0 Å². The van der Waals surface area contributed by atoms with Crippen molar-refractivity contribution in [2.45, 2.75) is 38.6 Å². The standard InChI is InChI=1S/C16H24ClN3O/c1-12-5-2-3-9-20(12)10-4-8-19-16(21)14-7-6-13(17)11-15(14)18/h6-7,11-12H,2-5,8-10,18H2,1H3,(H,19,21). The second kappa shape index (κ2) is 7.66. The van der Waals surface area contributed by atoms with Gasteiger partial charge in [-0.05, 0) is 50.9 Å². The van der Waals surface area contributed by atoms with E-state index in [9.17, 15) is 4.79 Å². The van der Waals surface area contributed by atoms with E-state index in [2.05, 4.69) is 17.1 Å². The average molecular weight is 310 g/mol.